The molecule has 4 atom stereocenters. The van der Waals surface area contributed by atoms with Crippen molar-refractivity contribution in [3.63, 3.8) is 0 Å². The minimum absolute atomic E-state index is 0.0455. The standard InChI is InChI=1S/2C20H22N6O.C19H22N6O2.C19H20N6O.C18H20N6O2/c27-18-13-15(26-11-2-10-22-26)3-4-16(18)17-5-6-19(24-23-17)25-12-8-20(14-25)7-1-9-21-20;27-18-12-15(26-9-1-8-22-26)2-3-16(18)17-4-5-19(24-23-17)25-10-6-20(7-11-25)13-21-14-20;26-13-12-23-8-10-24(11-9-23)19-5-4-17(21-22-19)16-3-2-15(14-18(16)27)25-7-1-6-20-25;26-18-9-15(25-7-1-6-21-25)2-3-16(18)17-4-5-19(23-22-17)24-11-13-8-14(12-24)20-10-13;25-12-13-11-23(9-7-19-13)18-5-4-16(21-22-18)15-3-2-14(10-17(15)26)24-8-1-6-20-24/h2-6,10-11,13,21,27H,1,7-9,12,14H2;1-5,8-9,12,21,27H,6-7,10-11,13-14H2;1-7,14,26-27H,8-13H2;1-7,9,13-14,20,26H,8,10-12H2;1-6,8,10,13,19,25-26H,7,9,11-12H2. The molecule has 11 N–H and O–H groups in total. The van der Waals surface area contributed by atoms with Crippen LogP contribution in [0.25, 0.3) is 84.7 Å². The van der Waals surface area contributed by atoms with Gasteiger partial charge in [-0.15, -0.1) is 51.0 Å². The fourth-order valence-electron chi connectivity index (χ4n) is 18.5. The number of piperidine rings is 2. The van der Waals surface area contributed by atoms with Gasteiger partial charge in [0, 0.05) is 249 Å². The molecule has 0 radical (unpaired) electrons. The molecule has 37 nitrogen and oxygen atoms in total. The van der Waals surface area contributed by atoms with Crippen molar-refractivity contribution >= 4 is 29.1 Å². The number of aliphatic hydroxyl groups is 2. The Labute approximate surface area is 767 Å². The van der Waals surface area contributed by atoms with Crippen LogP contribution in [0, 0.1) is 11.3 Å². The van der Waals surface area contributed by atoms with Crippen molar-refractivity contribution in [3.8, 4) is 113 Å². The van der Waals surface area contributed by atoms with Crippen molar-refractivity contribution in [2.75, 3.05) is 156 Å². The van der Waals surface area contributed by atoms with Crippen LogP contribution in [0.4, 0.5) is 29.1 Å². The van der Waals surface area contributed by atoms with Gasteiger partial charge in [0.1, 0.15) is 28.7 Å². The summed E-state index contributed by atoms with van der Waals surface area (Å²) in [5.74, 6) is 5.78. The van der Waals surface area contributed by atoms with E-state index >= 15 is 0 Å². The van der Waals surface area contributed by atoms with Crippen molar-refractivity contribution in [1.29, 1.82) is 0 Å². The van der Waals surface area contributed by atoms with Gasteiger partial charge in [-0.05, 0) is 208 Å². The molecule has 5 aromatic carbocycles. The first-order chi connectivity index (χ1) is 65.2. The van der Waals surface area contributed by atoms with Crippen LogP contribution in [-0.2, 0) is 0 Å². The summed E-state index contributed by atoms with van der Waals surface area (Å²) in [6.45, 7) is 17.4. The van der Waals surface area contributed by atoms with E-state index in [2.05, 4.69) is 127 Å². The van der Waals surface area contributed by atoms with E-state index in [1.807, 2.05) is 183 Å². The van der Waals surface area contributed by atoms with Crippen LogP contribution in [-0.4, -0.2) is 289 Å². The SMILES string of the molecule is OCC1CN(c2ccc(-c3ccc(-n4cccn4)cc3O)nn2)CCN1.OCCN1CCN(c2ccc(-c3ccc(-n4cccn4)cc3O)nn2)CC1.Oc1cc(-n2cccn2)ccc1-c1ccc(N2CC3CNC(C3)C2)nn1.Oc1cc(-n2cccn2)ccc1-c1ccc(N2CCC3(CC2)CNC3)nn1.Oc1cc(-n2cccn2)ccc1-c1ccc(N2CCC3(CCCN3)C2)nn1. The Balaban J connectivity index is 0.000000107. The number of aromatic hydroxyl groups is 5. The molecule has 8 fully saturated rings. The number of anilines is 5. The summed E-state index contributed by atoms with van der Waals surface area (Å²) in [6, 6.07) is 56.2. The molecule has 133 heavy (non-hydrogen) atoms. The van der Waals surface area contributed by atoms with Crippen molar-refractivity contribution in [2.24, 2.45) is 11.3 Å². The van der Waals surface area contributed by atoms with Gasteiger partial charge in [0.05, 0.1) is 70.1 Å². The molecule has 4 unspecified atom stereocenters. The number of hydrogen-bond acceptors (Lipinski definition) is 32. The average molecular weight is 1790 g/mol. The van der Waals surface area contributed by atoms with Crippen molar-refractivity contribution in [2.45, 2.75) is 56.1 Å². The lowest BCUT2D eigenvalue weighted by Gasteiger charge is -2.48. The second-order valence-electron chi connectivity index (χ2n) is 34.7. The van der Waals surface area contributed by atoms with Gasteiger partial charge in [0.2, 0.25) is 0 Å². The number of nitrogens with one attached hydrogen (secondary N) is 4. The van der Waals surface area contributed by atoms with Gasteiger partial charge in [-0.3, -0.25) is 4.90 Å². The van der Waals surface area contributed by atoms with Gasteiger partial charge in [-0.2, -0.15) is 25.5 Å². The third kappa shape index (κ3) is 20.3. The molecule has 37 heteroatoms. The molecule has 8 aliphatic rings. The average Bonchev–Trinajstić information content (AvgIpc) is 1.78. The Kier molecular flexibility index (Phi) is 26.3. The van der Waals surface area contributed by atoms with E-state index in [0.29, 0.717) is 86.8 Å². The number of fused-ring (bicyclic) bond motifs is 2. The van der Waals surface area contributed by atoms with Gasteiger partial charge in [-0.25, -0.2) is 23.4 Å². The Hall–Kier alpha value is -14.7. The zero-order chi connectivity index (χ0) is 90.6. The van der Waals surface area contributed by atoms with Crippen LogP contribution in [0.15, 0.2) is 244 Å². The van der Waals surface area contributed by atoms with E-state index in [1.165, 1.54) is 32.1 Å². The van der Waals surface area contributed by atoms with Gasteiger partial charge in [0.15, 0.2) is 29.1 Å². The normalized spacial score (nSPS) is 19.0. The molecule has 15 aromatic rings. The van der Waals surface area contributed by atoms with E-state index in [4.69, 9.17) is 5.11 Å². The van der Waals surface area contributed by atoms with Gasteiger partial charge >= 0.3 is 0 Å². The number of hydrogen-bond donors (Lipinski definition) is 11. The molecule has 10 aromatic heterocycles. The summed E-state index contributed by atoms with van der Waals surface area (Å²) in [5.41, 5.74) is 11.2. The molecule has 18 heterocycles. The molecule has 0 amide bonds. The molecule has 8 aliphatic heterocycles. The van der Waals surface area contributed by atoms with Gasteiger partial charge < -0.3 is 81.5 Å². The second-order valence-corrected chi connectivity index (χ2v) is 34.7. The zero-order valence-corrected chi connectivity index (χ0v) is 73.5. The summed E-state index contributed by atoms with van der Waals surface area (Å²) in [7, 11) is 0. The van der Waals surface area contributed by atoms with Crippen molar-refractivity contribution in [3.05, 3.63) is 244 Å². The number of aromatic nitrogens is 20. The molecule has 2 bridgehead atoms. The highest BCUT2D eigenvalue weighted by molar-refractivity contribution is 5.74. The first-order valence-electron chi connectivity index (χ1n) is 45.2. The number of phenolic OH excluding ortho intramolecular Hbond substituents is 5. The van der Waals surface area contributed by atoms with E-state index in [1.54, 1.807) is 84.7 Å². The Bertz CT molecular complexity index is 6260. The molecule has 0 aliphatic carbocycles. The van der Waals surface area contributed by atoms with E-state index in [0.717, 1.165) is 169 Å². The molecule has 8 saturated heterocycles. The lowest BCUT2D eigenvalue weighted by atomic mass is 9.73. The number of phenols is 5. The fraction of sp³-hybridized carbons (Fsp3) is 0.323. The summed E-state index contributed by atoms with van der Waals surface area (Å²) < 4.78 is 8.49. The van der Waals surface area contributed by atoms with Crippen LogP contribution in [0.2, 0.25) is 0 Å². The number of nitrogens with zero attached hydrogens (tertiary/aromatic N) is 26. The van der Waals surface area contributed by atoms with Crippen LogP contribution >= 0.6 is 0 Å². The topological polar surface area (TPSA) is 427 Å². The summed E-state index contributed by atoms with van der Waals surface area (Å²) in [5, 5.41) is 149. The zero-order valence-electron chi connectivity index (χ0n) is 73.5. The van der Waals surface area contributed by atoms with Crippen LogP contribution in [0.5, 0.6) is 28.7 Å². The first-order valence-corrected chi connectivity index (χ1v) is 45.2. The number of β-amino-alcohol motifs (C(OH)–C–C–N with tert-alkyl or cyclic N) is 1. The lowest BCUT2D eigenvalue weighted by Crippen LogP contribution is -2.58. The Morgan fingerprint density at radius 2 is 0.737 bits per heavy atom. The molecule has 682 valence electrons. The molecule has 23 rings (SSSR count). The van der Waals surface area contributed by atoms with Crippen LogP contribution < -0.4 is 45.8 Å². The second kappa shape index (κ2) is 39.9. The molecular weight excluding hydrogens is 1690 g/mol. The minimum atomic E-state index is 0.0455. The first kappa shape index (κ1) is 87.6. The smallest absolute Gasteiger partial charge is 0.151 e. The number of rotatable bonds is 18. The summed E-state index contributed by atoms with van der Waals surface area (Å²) >= 11 is 0. The monoisotopic (exact) mass is 1790 g/mol. The fourth-order valence-corrected chi connectivity index (χ4v) is 18.5. The van der Waals surface area contributed by atoms with Gasteiger partial charge in [0.25, 0.3) is 0 Å². The number of piperazine rings is 2. The third-order valence-electron chi connectivity index (χ3n) is 26.0. The predicted molar refractivity (Wildman–Crippen MR) is 504 cm³/mol. The Morgan fingerprint density at radius 3 is 1.07 bits per heavy atom. The van der Waals surface area contributed by atoms with E-state index in [9.17, 15) is 30.6 Å². The summed E-state index contributed by atoms with van der Waals surface area (Å²) in [6.07, 6.45) is 25.0. The minimum Gasteiger partial charge on any atom is -0.507 e. The quantitative estimate of drug-likeness (QED) is 0.0384. The van der Waals surface area contributed by atoms with Crippen LogP contribution in [0.1, 0.15) is 38.5 Å². The maximum absolute atomic E-state index is 10.4. The van der Waals surface area contributed by atoms with Crippen LogP contribution in [0.3, 0.4) is 0 Å². The maximum atomic E-state index is 10.4. The van der Waals surface area contributed by atoms with E-state index < -0.39 is 0 Å². The van der Waals surface area contributed by atoms with Crippen molar-refractivity contribution < 1.29 is 35.7 Å². The lowest BCUT2D eigenvalue weighted by molar-refractivity contribution is 0.126. The van der Waals surface area contributed by atoms with Crippen molar-refractivity contribution in [1.82, 2.24) is 126 Å². The number of aliphatic hydroxyl groups excluding tert-OH is 2. The maximum Gasteiger partial charge on any atom is 0.151 e. The molecule has 0 saturated carbocycles. The molecule has 2 spiro atoms. The Morgan fingerprint density at radius 1 is 0.353 bits per heavy atom. The number of benzene rings is 5. The highest BCUT2D eigenvalue weighted by Crippen LogP contribution is 2.40. The predicted octanol–water partition coefficient (Wildman–Crippen LogP) is 8.38. The summed E-state index contributed by atoms with van der Waals surface area (Å²) in [4.78, 5) is 13.4. The molecular formula is C96H106N30O7. The highest BCUT2D eigenvalue weighted by Gasteiger charge is 2.42. The van der Waals surface area contributed by atoms with Gasteiger partial charge in [-0.1, -0.05) is 0 Å². The highest BCUT2D eigenvalue weighted by atomic mass is 16.3. The largest absolute Gasteiger partial charge is 0.507 e. The van der Waals surface area contributed by atoms with E-state index in [-0.39, 0.29) is 53.5 Å². The third-order valence-corrected chi connectivity index (χ3v) is 26.0.